The van der Waals surface area contributed by atoms with E-state index in [1.807, 2.05) is 0 Å². The molecule has 0 saturated carbocycles. The maximum atomic E-state index is 12.4. The number of nitro benzene ring substituents is 1. The molecule has 0 fully saturated rings. The Hall–Kier alpha value is -4.01. The lowest BCUT2D eigenvalue weighted by atomic mass is 10.1. The SMILES string of the molecule is CCNC(=O)NC(=O)[C@H](OC(=O)/C=C/c1ccccc1[N+](=O)[O-])c1ccccc1. The molecule has 2 aromatic carbocycles. The van der Waals surface area contributed by atoms with Crippen LogP contribution in [0.4, 0.5) is 10.5 Å². The lowest BCUT2D eigenvalue weighted by Crippen LogP contribution is -2.42. The Kier molecular flexibility index (Phi) is 7.60. The molecule has 1 atom stereocenters. The van der Waals surface area contributed by atoms with Crippen LogP contribution in [0.5, 0.6) is 0 Å². The zero-order chi connectivity index (χ0) is 21.2. The van der Waals surface area contributed by atoms with Gasteiger partial charge in [0.05, 0.1) is 10.5 Å². The maximum Gasteiger partial charge on any atom is 0.331 e. The van der Waals surface area contributed by atoms with E-state index in [9.17, 15) is 24.5 Å². The summed E-state index contributed by atoms with van der Waals surface area (Å²) in [6.07, 6.45) is 0.837. The van der Waals surface area contributed by atoms with Crippen molar-refractivity contribution in [2.24, 2.45) is 0 Å². The van der Waals surface area contributed by atoms with Crippen molar-refractivity contribution in [1.29, 1.82) is 0 Å². The first-order valence-corrected chi connectivity index (χ1v) is 8.68. The fourth-order valence-corrected chi connectivity index (χ4v) is 2.39. The summed E-state index contributed by atoms with van der Waals surface area (Å²) in [5.41, 5.74) is 0.393. The summed E-state index contributed by atoms with van der Waals surface area (Å²) in [5, 5.41) is 15.6. The largest absolute Gasteiger partial charge is 0.444 e. The molecule has 0 unspecified atom stereocenters. The monoisotopic (exact) mass is 397 g/mol. The second-order valence-corrected chi connectivity index (χ2v) is 5.73. The number of imide groups is 1. The first kappa shape index (κ1) is 21.3. The number of ether oxygens (including phenoxy) is 1. The van der Waals surface area contributed by atoms with E-state index < -0.39 is 28.9 Å². The molecule has 0 aliphatic rings. The number of hydrogen-bond donors (Lipinski definition) is 2. The molecule has 0 aromatic heterocycles. The molecular weight excluding hydrogens is 378 g/mol. The third-order valence-corrected chi connectivity index (χ3v) is 3.68. The van der Waals surface area contributed by atoms with Gasteiger partial charge in [0.15, 0.2) is 0 Å². The lowest BCUT2D eigenvalue weighted by Gasteiger charge is -2.16. The first-order valence-electron chi connectivity index (χ1n) is 8.68. The van der Waals surface area contributed by atoms with Gasteiger partial charge in [-0.25, -0.2) is 9.59 Å². The summed E-state index contributed by atoms with van der Waals surface area (Å²) in [6, 6.07) is 13.3. The van der Waals surface area contributed by atoms with Crippen LogP contribution in [0.2, 0.25) is 0 Å². The number of carbonyl (C=O) groups excluding carboxylic acids is 3. The van der Waals surface area contributed by atoms with Crippen molar-refractivity contribution >= 4 is 29.7 Å². The van der Waals surface area contributed by atoms with Crippen LogP contribution in [-0.4, -0.2) is 29.4 Å². The number of carbonyl (C=O) groups is 3. The topological polar surface area (TPSA) is 128 Å². The van der Waals surface area contributed by atoms with Gasteiger partial charge in [0.1, 0.15) is 0 Å². The van der Waals surface area contributed by atoms with E-state index in [2.05, 4.69) is 10.6 Å². The van der Waals surface area contributed by atoms with Gasteiger partial charge in [-0.2, -0.15) is 0 Å². The molecule has 9 heteroatoms. The number of rotatable bonds is 7. The third-order valence-electron chi connectivity index (χ3n) is 3.68. The van der Waals surface area contributed by atoms with Gasteiger partial charge in [0, 0.05) is 24.3 Å². The molecule has 0 saturated heterocycles. The van der Waals surface area contributed by atoms with Gasteiger partial charge in [0.25, 0.3) is 11.6 Å². The Bertz CT molecular complexity index is 927. The summed E-state index contributed by atoms with van der Waals surface area (Å²) in [7, 11) is 0. The second-order valence-electron chi connectivity index (χ2n) is 5.73. The van der Waals surface area contributed by atoms with Crippen LogP contribution in [-0.2, 0) is 14.3 Å². The summed E-state index contributed by atoms with van der Waals surface area (Å²) in [5.74, 6) is -1.72. The molecule has 2 aromatic rings. The van der Waals surface area contributed by atoms with Crippen molar-refractivity contribution in [2.45, 2.75) is 13.0 Å². The number of hydrogen-bond acceptors (Lipinski definition) is 6. The normalized spacial score (nSPS) is 11.5. The average molecular weight is 397 g/mol. The Labute approximate surface area is 166 Å². The zero-order valence-electron chi connectivity index (χ0n) is 15.5. The number of nitrogens with one attached hydrogen (secondary N) is 2. The number of benzene rings is 2. The van der Waals surface area contributed by atoms with E-state index >= 15 is 0 Å². The van der Waals surface area contributed by atoms with Crippen molar-refractivity contribution in [2.75, 3.05) is 6.54 Å². The molecule has 0 spiro atoms. The van der Waals surface area contributed by atoms with Gasteiger partial charge in [-0.15, -0.1) is 0 Å². The number of para-hydroxylation sites is 1. The van der Waals surface area contributed by atoms with Crippen molar-refractivity contribution in [1.82, 2.24) is 10.6 Å². The molecule has 3 amide bonds. The van der Waals surface area contributed by atoms with Crippen LogP contribution in [0.1, 0.15) is 24.2 Å². The fourth-order valence-electron chi connectivity index (χ4n) is 2.39. The van der Waals surface area contributed by atoms with Crippen LogP contribution >= 0.6 is 0 Å². The highest BCUT2D eigenvalue weighted by Gasteiger charge is 2.25. The van der Waals surface area contributed by atoms with E-state index in [1.165, 1.54) is 24.3 Å². The number of nitro groups is 1. The number of nitrogens with zero attached hydrogens (tertiary/aromatic N) is 1. The molecule has 0 aliphatic carbocycles. The Morgan fingerprint density at radius 3 is 2.41 bits per heavy atom. The standard InChI is InChI=1S/C20H19N3O6/c1-2-21-20(26)22-19(25)18(15-9-4-3-5-10-15)29-17(24)13-12-14-8-6-7-11-16(14)23(27)28/h3-13,18H,2H2,1H3,(H2,21,22,25,26)/b13-12+/t18-/m1/s1. The average Bonchev–Trinajstić information content (AvgIpc) is 2.71. The smallest absolute Gasteiger partial charge is 0.331 e. The minimum Gasteiger partial charge on any atom is -0.444 e. The highest BCUT2D eigenvalue weighted by atomic mass is 16.6. The van der Waals surface area contributed by atoms with Crippen molar-refractivity contribution < 1.29 is 24.0 Å². The molecule has 0 aliphatic heterocycles. The van der Waals surface area contributed by atoms with Gasteiger partial charge in [0.2, 0.25) is 6.10 Å². The molecule has 0 radical (unpaired) electrons. The zero-order valence-corrected chi connectivity index (χ0v) is 15.5. The highest BCUT2D eigenvalue weighted by molar-refractivity contribution is 5.98. The van der Waals surface area contributed by atoms with Gasteiger partial charge < -0.3 is 10.1 Å². The van der Waals surface area contributed by atoms with Gasteiger partial charge in [-0.1, -0.05) is 42.5 Å². The van der Waals surface area contributed by atoms with E-state index in [0.717, 1.165) is 6.08 Å². The molecule has 0 heterocycles. The number of urea groups is 1. The van der Waals surface area contributed by atoms with Crippen LogP contribution in [0, 0.1) is 10.1 Å². The minimum atomic E-state index is -1.37. The van der Waals surface area contributed by atoms with Crippen LogP contribution < -0.4 is 10.6 Å². The van der Waals surface area contributed by atoms with Crippen molar-refractivity contribution in [3.05, 3.63) is 81.9 Å². The second kappa shape index (κ2) is 10.4. The van der Waals surface area contributed by atoms with Crippen LogP contribution in [0.25, 0.3) is 6.08 Å². The summed E-state index contributed by atoms with van der Waals surface area (Å²) in [6.45, 7) is 2.00. The molecular formula is C20H19N3O6. The molecule has 0 bridgehead atoms. The minimum absolute atomic E-state index is 0.176. The molecule has 2 N–H and O–H groups in total. The van der Waals surface area contributed by atoms with Crippen LogP contribution in [0.3, 0.4) is 0 Å². The van der Waals surface area contributed by atoms with Crippen molar-refractivity contribution in [3.8, 4) is 0 Å². The lowest BCUT2D eigenvalue weighted by molar-refractivity contribution is -0.385. The predicted molar refractivity (Wildman–Crippen MR) is 105 cm³/mol. The molecule has 9 nitrogen and oxygen atoms in total. The van der Waals surface area contributed by atoms with E-state index in [0.29, 0.717) is 12.1 Å². The predicted octanol–water partition coefficient (Wildman–Crippen LogP) is 2.74. The molecule has 2 rings (SSSR count). The Balaban J connectivity index is 2.18. The quantitative estimate of drug-likeness (QED) is 0.320. The van der Waals surface area contributed by atoms with Gasteiger partial charge >= 0.3 is 12.0 Å². The van der Waals surface area contributed by atoms with E-state index in [4.69, 9.17) is 4.74 Å². The highest BCUT2D eigenvalue weighted by Crippen LogP contribution is 2.21. The Morgan fingerprint density at radius 2 is 1.76 bits per heavy atom. The summed E-state index contributed by atoms with van der Waals surface area (Å²) in [4.78, 5) is 46.8. The van der Waals surface area contributed by atoms with E-state index in [1.54, 1.807) is 43.3 Å². The molecule has 150 valence electrons. The summed E-state index contributed by atoms with van der Waals surface area (Å²) >= 11 is 0. The Morgan fingerprint density at radius 1 is 1.10 bits per heavy atom. The van der Waals surface area contributed by atoms with E-state index in [-0.39, 0.29) is 11.3 Å². The molecule has 29 heavy (non-hydrogen) atoms. The fraction of sp³-hybridized carbons (Fsp3) is 0.150. The van der Waals surface area contributed by atoms with Crippen LogP contribution in [0.15, 0.2) is 60.7 Å². The number of esters is 1. The number of amides is 3. The van der Waals surface area contributed by atoms with Crippen molar-refractivity contribution in [3.63, 3.8) is 0 Å². The first-order chi connectivity index (χ1) is 13.9. The van der Waals surface area contributed by atoms with Gasteiger partial charge in [-0.3, -0.25) is 20.2 Å². The van der Waals surface area contributed by atoms with Gasteiger partial charge in [-0.05, 0) is 19.1 Å². The third kappa shape index (κ3) is 6.28. The summed E-state index contributed by atoms with van der Waals surface area (Å²) < 4.78 is 5.21. The maximum absolute atomic E-state index is 12.4.